The second-order valence-electron chi connectivity index (χ2n) is 5.90. The van der Waals surface area contributed by atoms with Crippen LogP contribution < -0.4 is 5.73 Å². The number of rotatable bonds is 3. The minimum absolute atomic E-state index is 0.247. The lowest BCUT2D eigenvalue weighted by Crippen LogP contribution is -2.40. The van der Waals surface area contributed by atoms with Gasteiger partial charge in [0.2, 0.25) is 0 Å². The van der Waals surface area contributed by atoms with Crippen molar-refractivity contribution in [3.63, 3.8) is 0 Å². The van der Waals surface area contributed by atoms with Gasteiger partial charge in [-0.3, -0.25) is 4.79 Å². The van der Waals surface area contributed by atoms with E-state index in [0.717, 1.165) is 42.0 Å². The highest BCUT2D eigenvalue weighted by molar-refractivity contribution is 6.10. The molecule has 1 aliphatic rings. The van der Waals surface area contributed by atoms with E-state index >= 15 is 0 Å². The third kappa shape index (κ3) is 2.14. The molecule has 0 heterocycles. The summed E-state index contributed by atoms with van der Waals surface area (Å²) in [5.74, 6) is 0.247. The number of carbonyl (C=O) groups excluding carboxylic acids is 1. The number of fused-ring (bicyclic) bond motifs is 1. The molecule has 0 radical (unpaired) electrons. The molecular formula is C18H21NO. The van der Waals surface area contributed by atoms with Crippen molar-refractivity contribution >= 4 is 16.6 Å². The molecule has 2 aromatic rings. The molecule has 2 nitrogen and oxygen atoms in total. The van der Waals surface area contributed by atoms with Crippen molar-refractivity contribution in [2.75, 3.05) is 6.54 Å². The number of hydrogen-bond acceptors (Lipinski definition) is 2. The summed E-state index contributed by atoms with van der Waals surface area (Å²) in [6.07, 6.45) is 5.34. The molecule has 0 atom stereocenters. The first kappa shape index (κ1) is 13.3. The number of Topliss-reactive ketones (excluding diaryl/α,β-unsaturated/α-hetero) is 1. The number of benzene rings is 2. The van der Waals surface area contributed by atoms with E-state index in [9.17, 15) is 4.79 Å². The Hall–Kier alpha value is -1.67. The summed E-state index contributed by atoms with van der Waals surface area (Å²) in [6.45, 7) is 0.467. The molecule has 0 amide bonds. The topological polar surface area (TPSA) is 43.1 Å². The fourth-order valence-electron chi connectivity index (χ4n) is 3.46. The van der Waals surface area contributed by atoms with Crippen molar-refractivity contribution in [1.82, 2.24) is 0 Å². The molecule has 0 bridgehead atoms. The monoisotopic (exact) mass is 267 g/mol. The van der Waals surface area contributed by atoms with E-state index in [0.29, 0.717) is 6.54 Å². The smallest absolute Gasteiger partial charge is 0.170 e. The molecule has 1 fully saturated rings. The van der Waals surface area contributed by atoms with E-state index in [4.69, 9.17) is 5.73 Å². The van der Waals surface area contributed by atoms with Crippen LogP contribution in [0.5, 0.6) is 0 Å². The fourth-order valence-corrected chi connectivity index (χ4v) is 3.46. The Kier molecular flexibility index (Phi) is 3.58. The van der Waals surface area contributed by atoms with E-state index in [1.54, 1.807) is 0 Å². The molecule has 0 aromatic heterocycles. The van der Waals surface area contributed by atoms with Crippen molar-refractivity contribution in [3.05, 3.63) is 48.0 Å². The second-order valence-corrected chi connectivity index (χ2v) is 5.90. The van der Waals surface area contributed by atoms with Crippen LogP contribution >= 0.6 is 0 Å². The lowest BCUT2D eigenvalue weighted by atomic mass is 9.69. The zero-order valence-electron chi connectivity index (χ0n) is 11.8. The van der Waals surface area contributed by atoms with Crippen LogP contribution in [0, 0.1) is 5.41 Å². The molecule has 0 saturated heterocycles. The Morgan fingerprint density at radius 3 is 2.45 bits per heavy atom. The summed E-state index contributed by atoms with van der Waals surface area (Å²) in [4.78, 5) is 13.1. The predicted molar refractivity (Wildman–Crippen MR) is 82.9 cm³/mol. The molecule has 104 valence electrons. The first-order valence-electron chi connectivity index (χ1n) is 7.49. The number of ketones is 1. The van der Waals surface area contributed by atoms with Gasteiger partial charge >= 0.3 is 0 Å². The molecule has 2 aromatic carbocycles. The Balaban J connectivity index is 2.08. The molecular weight excluding hydrogens is 246 g/mol. The molecule has 0 spiro atoms. The lowest BCUT2D eigenvalue weighted by Gasteiger charge is -2.35. The van der Waals surface area contributed by atoms with E-state index in [1.165, 1.54) is 6.42 Å². The van der Waals surface area contributed by atoms with Crippen LogP contribution in [0.15, 0.2) is 42.5 Å². The predicted octanol–water partition coefficient (Wildman–Crippen LogP) is 3.93. The van der Waals surface area contributed by atoms with Gasteiger partial charge in [-0.2, -0.15) is 0 Å². The zero-order chi connectivity index (χ0) is 14.0. The maximum Gasteiger partial charge on any atom is 0.170 e. The largest absolute Gasteiger partial charge is 0.329 e. The Morgan fingerprint density at radius 2 is 1.70 bits per heavy atom. The highest BCUT2D eigenvalue weighted by atomic mass is 16.1. The normalized spacial score (nSPS) is 18.1. The summed E-state index contributed by atoms with van der Waals surface area (Å²) in [7, 11) is 0. The Labute approximate surface area is 120 Å². The van der Waals surface area contributed by atoms with Crippen LogP contribution in [0.2, 0.25) is 0 Å². The minimum atomic E-state index is -0.331. The summed E-state index contributed by atoms with van der Waals surface area (Å²) < 4.78 is 0. The Bertz CT molecular complexity index is 621. The van der Waals surface area contributed by atoms with E-state index in [2.05, 4.69) is 12.1 Å². The number of carbonyl (C=O) groups is 1. The summed E-state index contributed by atoms with van der Waals surface area (Å²) in [6, 6.07) is 14.1. The van der Waals surface area contributed by atoms with Crippen LogP contribution in [-0.4, -0.2) is 12.3 Å². The third-order valence-corrected chi connectivity index (χ3v) is 4.72. The first-order chi connectivity index (χ1) is 9.77. The van der Waals surface area contributed by atoms with Gasteiger partial charge in [0, 0.05) is 17.5 Å². The van der Waals surface area contributed by atoms with Crippen molar-refractivity contribution in [2.24, 2.45) is 11.1 Å². The van der Waals surface area contributed by atoms with Gasteiger partial charge in [0.05, 0.1) is 0 Å². The molecule has 2 heteroatoms. The average Bonchev–Trinajstić information content (AvgIpc) is 2.54. The SMILES string of the molecule is NCC1(C(=O)c2cccc3ccccc23)CCCCC1. The lowest BCUT2D eigenvalue weighted by molar-refractivity contribution is 0.0731. The van der Waals surface area contributed by atoms with Crippen LogP contribution in [0.25, 0.3) is 10.8 Å². The first-order valence-corrected chi connectivity index (χ1v) is 7.49. The summed E-state index contributed by atoms with van der Waals surface area (Å²) in [5, 5.41) is 2.18. The van der Waals surface area contributed by atoms with Gasteiger partial charge < -0.3 is 5.73 Å². The Morgan fingerprint density at radius 1 is 1.00 bits per heavy atom. The molecule has 0 aliphatic heterocycles. The number of hydrogen-bond donors (Lipinski definition) is 1. The van der Waals surface area contributed by atoms with Gasteiger partial charge in [-0.05, 0) is 23.6 Å². The second kappa shape index (κ2) is 5.37. The highest BCUT2D eigenvalue weighted by Gasteiger charge is 2.38. The van der Waals surface area contributed by atoms with Gasteiger partial charge in [-0.15, -0.1) is 0 Å². The van der Waals surface area contributed by atoms with Gasteiger partial charge in [0.25, 0.3) is 0 Å². The fraction of sp³-hybridized carbons (Fsp3) is 0.389. The van der Waals surface area contributed by atoms with E-state index < -0.39 is 0 Å². The highest BCUT2D eigenvalue weighted by Crippen LogP contribution is 2.39. The number of nitrogens with two attached hydrogens (primary N) is 1. The average molecular weight is 267 g/mol. The maximum absolute atomic E-state index is 13.1. The van der Waals surface area contributed by atoms with E-state index in [1.807, 2.05) is 30.3 Å². The molecule has 1 saturated carbocycles. The standard InChI is InChI=1S/C18H21NO/c19-13-18(11-4-1-5-12-18)17(20)16-10-6-8-14-7-2-3-9-15(14)16/h2-3,6-10H,1,4-5,11-13,19H2. The minimum Gasteiger partial charge on any atom is -0.329 e. The van der Waals surface area contributed by atoms with Gasteiger partial charge in [-0.25, -0.2) is 0 Å². The van der Waals surface area contributed by atoms with Crippen LogP contribution in [0.1, 0.15) is 42.5 Å². The zero-order valence-corrected chi connectivity index (χ0v) is 11.8. The maximum atomic E-state index is 13.1. The van der Waals surface area contributed by atoms with Gasteiger partial charge in [0.1, 0.15) is 0 Å². The molecule has 3 rings (SSSR count). The van der Waals surface area contributed by atoms with Crippen LogP contribution in [-0.2, 0) is 0 Å². The van der Waals surface area contributed by atoms with E-state index in [-0.39, 0.29) is 11.2 Å². The van der Waals surface area contributed by atoms with Gasteiger partial charge in [-0.1, -0.05) is 61.7 Å². The van der Waals surface area contributed by atoms with Crippen LogP contribution in [0.4, 0.5) is 0 Å². The quantitative estimate of drug-likeness (QED) is 0.856. The summed E-state index contributed by atoms with van der Waals surface area (Å²) >= 11 is 0. The van der Waals surface area contributed by atoms with Crippen molar-refractivity contribution in [3.8, 4) is 0 Å². The van der Waals surface area contributed by atoms with Crippen molar-refractivity contribution in [2.45, 2.75) is 32.1 Å². The molecule has 1 aliphatic carbocycles. The van der Waals surface area contributed by atoms with Gasteiger partial charge in [0.15, 0.2) is 5.78 Å². The van der Waals surface area contributed by atoms with Crippen LogP contribution in [0.3, 0.4) is 0 Å². The third-order valence-electron chi connectivity index (χ3n) is 4.72. The van der Waals surface area contributed by atoms with Crippen molar-refractivity contribution in [1.29, 1.82) is 0 Å². The van der Waals surface area contributed by atoms with Crippen molar-refractivity contribution < 1.29 is 4.79 Å². The molecule has 20 heavy (non-hydrogen) atoms. The molecule has 2 N–H and O–H groups in total. The summed E-state index contributed by atoms with van der Waals surface area (Å²) in [5.41, 5.74) is 6.51. The molecule has 0 unspecified atom stereocenters.